The van der Waals surface area contributed by atoms with Crippen molar-refractivity contribution in [3.8, 4) is 16.5 Å². The lowest BCUT2D eigenvalue weighted by atomic mass is 10.2. The summed E-state index contributed by atoms with van der Waals surface area (Å²) in [7, 11) is 0. The van der Waals surface area contributed by atoms with Gasteiger partial charge in [-0.05, 0) is 53.8 Å². The van der Waals surface area contributed by atoms with Crippen molar-refractivity contribution < 1.29 is 4.74 Å². The lowest BCUT2D eigenvalue weighted by molar-refractivity contribution is 0.317. The van der Waals surface area contributed by atoms with E-state index in [0.29, 0.717) is 28.0 Å². The van der Waals surface area contributed by atoms with Gasteiger partial charge in [-0.3, -0.25) is 0 Å². The van der Waals surface area contributed by atoms with Gasteiger partial charge in [0.2, 0.25) is 4.77 Å². The Balaban J connectivity index is 1.86. The molecule has 2 heterocycles. The van der Waals surface area contributed by atoms with E-state index in [4.69, 9.17) is 28.6 Å². The summed E-state index contributed by atoms with van der Waals surface area (Å²) < 4.78 is 7.59. The lowest BCUT2D eigenvalue weighted by Crippen LogP contribution is -1.97. The van der Waals surface area contributed by atoms with Crippen molar-refractivity contribution in [2.24, 2.45) is 5.10 Å². The molecule has 0 atom stereocenters. The predicted octanol–water partition coefficient (Wildman–Crippen LogP) is 4.99. The molecule has 0 saturated heterocycles. The molecule has 0 spiro atoms. The molecule has 0 bridgehead atoms. The summed E-state index contributed by atoms with van der Waals surface area (Å²) in [6.45, 7) is 2.69. The van der Waals surface area contributed by atoms with Crippen molar-refractivity contribution in [2.45, 2.75) is 13.3 Å². The topological polar surface area (TPSA) is 55.2 Å². The molecule has 2 aromatic heterocycles. The van der Waals surface area contributed by atoms with Crippen molar-refractivity contribution in [1.29, 1.82) is 0 Å². The molecular weight excluding hydrogens is 364 g/mol. The standard InChI is InChI=1S/C16H15ClN4OS2/c1-2-7-22-13-6-5-11(9-12(13)17)10-18-21-15(19-20-16(21)23)14-4-3-8-24-14/h3-6,8-10H,2,7H2,1H3,(H,20,23)/b18-10-. The third-order valence-corrected chi connectivity index (χ3v) is 4.56. The summed E-state index contributed by atoms with van der Waals surface area (Å²) in [6, 6.07) is 9.48. The fraction of sp³-hybridized carbons (Fsp3) is 0.188. The third-order valence-electron chi connectivity index (χ3n) is 3.13. The Kier molecular flexibility index (Phi) is 5.44. The van der Waals surface area contributed by atoms with E-state index in [1.165, 1.54) is 0 Å². The minimum atomic E-state index is 0.434. The average molecular weight is 379 g/mol. The number of nitrogens with one attached hydrogen (secondary N) is 1. The van der Waals surface area contributed by atoms with E-state index in [2.05, 4.69) is 22.2 Å². The van der Waals surface area contributed by atoms with Gasteiger partial charge >= 0.3 is 0 Å². The van der Waals surface area contributed by atoms with Crippen LogP contribution in [0.25, 0.3) is 10.7 Å². The largest absolute Gasteiger partial charge is 0.492 e. The van der Waals surface area contributed by atoms with Gasteiger partial charge in [0, 0.05) is 0 Å². The van der Waals surface area contributed by atoms with Crippen LogP contribution in [0.4, 0.5) is 0 Å². The maximum absolute atomic E-state index is 6.24. The summed E-state index contributed by atoms with van der Waals surface area (Å²) in [5.41, 5.74) is 0.851. The number of ether oxygens (including phenoxy) is 1. The fourth-order valence-corrected chi connectivity index (χ4v) is 3.14. The van der Waals surface area contributed by atoms with Crippen LogP contribution in [0.15, 0.2) is 40.8 Å². The molecule has 8 heteroatoms. The Morgan fingerprint density at radius 2 is 2.33 bits per heavy atom. The fourth-order valence-electron chi connectivity index (χ4n) is 2.01. The molecule has 1 aromatic carbocycles. The molecule has 0 unspecified atom stereocenters. The van der Waals surface area contributed by atoms with Crippen molar-refractivity contribution in [2.75, 3.05) is 6.61 Å². The van der Waals surface area contributed by atoms with Crippen LogP contribution in [0.2, 0.25) is 5.02 Å². The Labute approximate surface area is 153 Å². The summed E-state index contributed by atoms with van der Waals surface area (Å²) in [5, 5.41) is 14.0. The van der Waals surface area contributed by atoms with E-state index in [1.54, 1.807) is 22.2 Å². The van der Waals surface area contributed by atoms with E-state index in [9.17, 15) is 0 Å². The van der Waals surface area contributed by atoms with Crippen LogP contribution in [0.5, 0.6) is 5.75 Å². The van der Waals surface area contributed by atoms with Gasteiger partial charge in [0.25, 0.3) is 0 Å². The highest BCUT2D eigenvalue weighted by atomic mass is 35.5. The minimum absolute atomic E-state index is 0.434. The Morgan fingerprint density at radius 1 is 1.46 bits per heavy atom. The molecule has 0 aliphatic rings. The first-order valence-electron chi connectivity index (χ1n) is 7.37. The monoisotopic (exact) mass is 378 g/mol. The molecule has 24 heavy (non-hydrogen) atoms. The van der Waals surface area contributed by atoms with Gasteiger partial charge in [-0.2, -0.15) is 14.9 Å². The van der Waals surface area contributed by atoms with Crippen molar-refractivity contribution >= 4 is 41.4 Å². The van der Waals surface area contributed by atoms with E-state index in [0.717, 1.165) is 16.9 Å². The number of aromatic nitrogens is 3. The average Bonchev–Trinajstić information content (AvgIpc) is 3.21. The van der Waals surface area contributed by atoms with Gasteiger partial charge in [0.15, 0.2) is 5.82 Å². The lowest BCUT2D eigenvalue weighted by Gasteiger charge is -2.06. The zero-order valence-corrected chi connectivity index (χ0v) is 15.3. The minimum Gasteiger partial charge on any atom is -0.492 e. The zero-order chi connectivity index (χ0) is 16.9. The number of benzene rings is 1. The Hall–Kier alpha value is -1.96. The van der Waals surface area contributed by atoms with Crippen LogP contribution in [-0.4, -0.2) is 27.7 Å². The van der Waals surface area contributed by atoms with Gasteiger partial charge < -0.3 is 4.74 Å². The van der Waals surface area contributed by atoms with Crippen LogP contribution in [0.3, 0.4) is 0 Å². The number of nitrogens with zero attached hydrogens (tertiary/aromatic N) is 3. The summed E-state index contributed by atoms with van der Waals surface area (Å²) in [4.78, 5) is 0.987. The van der Waals surface area contributed by atoms with Crippen LogP contribution in [0.1, 0.15) is 18.9 Å². The smallest absolute Gasteiger partial charge is 0.216 e. The van der Waals surface area contributed by atoms with Gasteiger partial charge in [-0.1, -0.05) is 24.6 Å². The first-order valence-corrected chi connectivity index (χ1v) is 9.03. The van der Waals surface area contributed by atoms with E-state index < -0.39 is 0 Å². The van der Waals surface area contributed by atoms with Crippen LogP contribution >= 0.6 is 35.2 Å². The van der Waals surface area contributed by atoms with E-state index in [1.807, 2.05) is 35.7 Å². The van der Waals surface area contributed by atoms with E-state index >= 15 is 0 Å². The number of rotatable bonds is 6. The molecular formula is C16H15ClN4OS2. The Bertz CT molecular complexity index is 899. The highest BCUT2D eigenvalue weighted by molar-refractivity contribution is 7.71. The first-order chi connectivity index (χ1) is 11.7. The quantitative estimate of drug-likeness (QED) is 0.485. The second kappa shape index (κ2) is 7.74. The van der Waals surface area contributed by atoms with Gasteiger partial charge in [0.1, 0.15) is 5.75 Å². The number of hydrogen-bond donors (Lipinski definition) is 1. The SMILES string of the molecule is CCCOc1ccc(/C=N\n2c(-c3cccs3)n[nH]c2=S)cc1Cl. The molecule has 3 rings (SSSR count). The summed E-state index contributed by atoms with van der Waals surface area (Å²) >= 11 is 13.1. The Morgan fingerprint density at radius 3 is 3.04 bits per heavy atom. The normalized spacial score (nSPS) is 11.2. The van der Waals surface area contributed by atoms with Crippen LogP contribution in [-0.2, 0) is 0 Å². The predicted molar refractivity (Wildman–Crippen MR) is 101 cm³/mol. The number of hydrogen-bond acceptors (Lipinski definition) is 5. The summed E-state index contributed by atoms with van der Waals surface area (Å²) in [6.07, 6.45) is 2.63. The molecule has 0 amide bonds. The van der Waals surface area contributed by atoms with Gasteiger partial charge in [-0.25, -0.2) is 5.10 Å². The highest BCUT2D eigenvalue weighted by Gasteiger charge is 2.09. The number of thiophene rings is 1. The number of H-pyrrole nitrogens is 1. The molecule has 0 aliphatic heterocycles. The summed E-state index contributed by atoms with van der Waals surface area (Å²) in [5.74, 6) is 1.36. The van der Waals surface area contributed by atoms with Gasteiger partial charge in [0.05, 0.1) is 22.7 Å². The first kappa shape index (κ1) is 16.9. The molecule has 3 aromatic rings. The molecule has 0 fully saturated rings. The van der Waals surface area contributed by atoms with E-state index in [-0.39, 0.29) is 0 Å². The number of halogens is 1. The molecule has 0 saturated carbocycles. The van der Waals surface area contributed by atoms with Gasteiger partial charge in [-0.15, -0.1) is 11.3 Å². The molecule has 5 nitrogen and oxygen atoms in total. The molecule has 1 N–H and O–H groups in total. The molecule has 0 radical (unpaired) electrons. The maximum atomic E-state index is 6.24. The molecule has 0 aliphatic carbocycles. The molecule has 124 valence electrons. The van der Waals surface area contributed by atoms with Crippen molar-refractivity contribution in [3.63, 3.8) is 0 Å². The van der Waals surface area contributed by atoms with Crippen molar-refractivity contribution in [1.82, 2.24) is 14.9 Å². The second-order valence-electron chi connectivity index (χ2n) is 4.92. The van der Waals surface area contributed by atoms with Crippen LogP contribution in [0, 0.1) is 4.77 Å². The third kappa shape index (κ3) is 3.75. The van der Waals surface area contributed by atoms with Crippen molar-refractivity contribution in [3.05, 3.63) is 51.1 Å². The maximum Gasteiger partial charge on any atom is 0.216 e. The second-order valence-corrected chi connectivity index (χ2v) is 6.67. The van der Waals surface area contributed by atoms with Crippen LogP contribution < -0.4 is 4.74 Å². The highest BCUT2D eigenvalue weighted by Crippen LogP contribution is 2.25. The zero-order valence-electron chi connectivity index (χ0n) is 12.9. The number of aromatic amines is 1.